The molecule has 72 valence electrons. The lowest BCUT2D eigenvalue weighted by molar-refractivity contribution is 0.168. The van der Waals surface area contributed by atoms with Crippen LogP contribution in [-0.2, 0) is 6.54 Å². The first-order chi connectivity index (χ1) is 6.29. The first-order valence-corrected chi connectivity index (χ1v) is 4.87. The third-order valence-corrected chi connectivity index (χ3v) is 2.43. The normalized spacial score (nSPS) is 18.9. The van der Waals surface area contributed by atoms with E-state index in [1.807, 2.05) is 17.8 Å². The van der Waals surface area contributed by atoms with E-state index in [2.05, 4.69) is 10.3 Å². The molecule has 1 saturated carbocycles. The Kier molecular flexibility index (Phi) is 2.31. The third kappa shape index (κ3) is 2.06. The van der Waals surface area contributed by atoms with Gasteiger partial charge < -0.3 is 5.11 Å². The first kappa shape index (κ1) is 8.69. The summed E-state index contributed by atoms with van der Waals surface area (Å²) in [7, 11) is 0. The number of aromatic nitrogens is 3. The van der Waals surface area contributed by atoms with Crippen molar-refractivity contribution in [2.75, 3.05) is 0 Å². The summed E-state index contributed by atoms with van der Waals surface area (Å²) >= 11 is 0. The van der Waals surface area contributed by atoms with Gasteiger partial charge in [0.25, 0.3) is 0 Å². The van der Waals surface area contributed by atoms with E-state index < -0.39 is 6.10 Å². The van der Waals surface area contributed by atoms with Crippen molar-refractivity contribution in [3.63, 3.8) is 0 Å². The van der Waals surface area contributed by atoms with Crippen LogP contribution in [0.15, 0.2) is 6.20 Å². The van der Waals surface area contributed by atoms with E-state index in [1.54, 1.807) is 0 Å². The van der Waals surface area contributed by atoms with Gasteiger partial charge >= 0.3 is 0 Å². The average molecular weight is 181 g/mol. The molecule has 1 N–H and O–H groups in total. The molecule has 1 unspecified atom stereocenters. The molecule has 0 spiro atoms. The van der Waals surface area contributed by atoms with Gasteiger partial charge in [-0.05, 0) is 25.2 Å². The Morgan fingerprint density at radius 2 is 2.46 bits per heavy atom. The minimum atomic E-state index is -0.451. The molecule has 0 saturated heterocycles. The molecule has 0 amide bonds. The topological polar surface area (TPSA) is 50.9 Å². The van der Waals surface area contributed by atoms with Gasteiger partial charge in [0.1, 0.15) is 5.69 Å². The Morgan fingerprint density at radius 1 is 1.69 bits per heavy atom. The van der Waals surface area contributed by atoms with Crippen LogP contribution in [0.4, 0.5) is 0 Å². The number of aliphatic hydroxyl groups is 1. The molecule has 4 nitrogen and oxygen atoms in total. The van der Waals surface area contributed by atoms with Crippen LogP contribution in [0, 0.1) is 5.92 Å². The fraction of sp³-hybridized carbons (Fsp3) is 0.778. The molecule has 1 heterocycles. The van der Waals surface area contributed by atoms with Crippen LogP contribution >= 0.6 is 0 Å². The zero-order valence-electron chi connectivity index (χ0n) is 7.85. The summed E-state index contributed by atoms with van der Waals surface area (Å²) in [6.45, 7) is 2.90. The Balaban J connectivity index is 1.99. The summed E-state index contributed by atoms with van der Waals surface area (Å²) in [5.74, 6) is 0.799. The van der Waals surface area contributed by atoms with Gasteiger partial charge in [0.05, 0.1) is 12.3 Å². The van der Waals surface area contributed by atoms with Gasteiger partial charge in [0.15, 0.2) is 0 Å². The zero-order valence-corrected chi connectivity index (χ0v) is 7.85. The molecular weight excluding hydrogens is 166 g/mol. The molecule has 0 aromatic carbocycles. The molecule has 0 radical (unpaired) electrons. The molecule has 13 heavy (non-hydrogen) atoms. The molecule has 0 bridgehead atoms. The van der Waals surface area contributed by atoms with Crippen LogP contribution in [0.25, 0.3) is 0 Å². The zero-order chi connectivity index (χ0) is 9.26. The van der Waals surface area contributed by atoms with Crippen molar-refractivity contribution in [2.45, 2.75) is 38.8 Å². The maximum Gasteiger partial charge on any atom is 0.111 e. The van der Waals surface area contributed by atoms with Gasteiger partial charge in [-0.2, -0.15) is 0 Å². The van der Waals surface area contributed by atoms with Crippen molar-refractivity contribution >= 4 is 0 Å². The van der Waals surface area contributed by atoms with Crippen LogP contribution in [0.1, 0.15) is 38.0 Å². The van der Waals surface area contributed by atoms with Crippen LogP contribution in [-0.4, -0.2) is 20.1 Å². The lowest BCUT2D eigenvalue weighted by Crippen LogP contribution is -2.00. The van der Waals surface area contributed by atoms with Crippen LogP contribution in [0.2, 0.25) is 0 Å². The Bertz CT molecular complexity index is 280. The SMILES string of the molecule is CCC(O)c1cn(CC2CC2)nn1. The van der Waals surface area contributed by atoms with E-state index in [4.69, 9.17) is 0 Å². The largest absolute Gasteiger partial charge is 0.387 e. The van der Waals surface area contributed by atoms with Gasteiger partial charge in [0.2, 0.25) is 0 Å². The van der Waals surface area contributed by atoms with E-state index in [0.29, 0.717) is 12.1 Å². The Labute approximate surface area is 77.6 Å². The summed E-state index contributed by atoms with van der Waals surface area (Å²) in [6.07, 6.45) is 4.72. The van der Waals surface area contributed by atoms with Crippen molar-refractivity contribution in [3.8, 4) is 0 Å². The molecule has 1 aromatic heterocycles. The van der Waals surface area contributed by atoms with E-state index in [0.717, 1.165) is 12.5 Å². The Morgan fingerprint density at radius 3 is 3.08 bits per heavy atom. The highest BCUT2D eigenvalue weighted by Gasteiger charge is 2.22. The fourth-order valence-electron chi connectivity index (χ4n) is 1.33. The lowest BCUT2D eigenvalue weighted by Gasteiger charge is -2.00. The number of nitrogens with zero attached hydrogens (tertiary/aromatic N) is 3. The summed E-state index contributed by atoms with van der Waals surface area (Å²) in [6, 6.07) is 0. The van der Waals surface area contributed by atoms with Crippen molar-refractivity contribution in [2.24, 2.45) is 5.92 Å². The van der Waals surface area contributed by atoms with Crippen molar-refractivity contribution in [1.82, 2.24) is 15.0 Å². The highest BCUT2D eigenvalue weighted by Crippen LogP contribution is 2.30. The highest BCUT2D eigenvalue weighted by molar-refractivity contribution is 4.97. The second kappa shape index (κ2) is 3.46. The van der Waals surface area contributed by atoms with Gasteiger partial charge in [-0.15, -0.1) is 5.10 Å². The summed E-state index contributed by atoms with van der Waals surface area (Å²) in [5.41, 5.74) is 0.697. The van der Waals surface area contributed by atoms with E-state index in [9.17, 15) is 5.11 Å². The smallest absolute Gasteiger partial charge is 0.111 e. The predicted octanol–water partition coefficient (Wildman–Crippen LogP) is 1.13. The maximum atomic E-state index is 9.48. The third-order valence-electron chi connectivity index (χ3n) is 2.43. The second-order valence-corrected chi connectivity index (χ2v) is 3.73. The molecule has 2 rings (SSSR count). The van der Waals surface area contributed by atoms with Gasteiger partial charge in [-0.1, -0.05) is 12.1 Å². The number of hydrogen-bond donors (Lipinski definition) is 1. The molecule has 1 aromatic rings. The molecular formula is C9H15N3O. The standard InChI is InChI=1S/C9H15N3O/c1-2-9(13)8-6-12(11-10-8)5-7-3-4-7/h6-7,9,13H,2-5H2,1H3. The van der Waals surface area contributed by atoms with Crippen LogP contribution < -0.4 is 0 Å². The van der Waals surface area contributed by atoms with Gasteiger partial charge in [-0.25, -0.2) is 0 Å². The minimum Gasteiger partial charge on any atom is -0.387 e. The molecule has 1 aliphatic carbocycles. The maximum absolute atomic E-state index is 9.48. The number of aliphatic hydroxyl groups excluding tert-OH is 1. The van der Waals surface area contributed by atoms with Crippen molar-refractivity contribution in [1.29, 1.82) is 0 Å². The van der Waals surface area contributed by atoms with Crippen molar-refractivity contribution < 1.29 is 5.11 Å². The second-order valence-electron chi connectivity index (χ2n) is 3.73. The lowest BCUT2D eigenvalue weighted by atomic mass is 10.2. The number of rotatable bonds is 4. The van der Waals surface area contributed by atoms with Crippen LogP contribution in [0.3, 0.4) is 0 Å². The summed E-state index contributed by atoms with van der Waals surface area (Å²) in [4.78, 5) is 0. The average Bonchev–Trinajstić information content (AvgIpc) is 2.81. The molecule has 1 fully saturated rings. The fourth-order valence-corrected chi connectivity index (χ4v) is 1.33. The predicted molar refractivity (Wildman–Crippen MR) is 48.0 cm³/mol. The molecule has 1 atom stereocenters. The molecule has 0 aliphatic heterocycles. The van der Waals surface area contributed by atoms with E-state index >= 15 is 0 Å². The summed E-state index contributed by atoms with van der Waals surface area (Å²) < 4.78 is 1.84. The van der Waals surface area contributed by atoms with E-state index in [-0.39, 0.29) is 0 Å². The van der Waals surface area contributed by atoms with Gasteiger partial charge in [0, 0.05) is 6.54 Å². The first-order valence-electron chi connectivity index (χ1n) is 4.87. The quantitative estimate of drug-likeness (QED) is 0.757. The number of hydrogen-bond acceptors (Lipinski definition) is 3. The van der Waals surface area contributed by atoms with Crippen LogP contribution in [0.5, 0.6) is 0 Å². The van der Waals surface area contributed by atoms with E-state index in [1.165, 1.54) is 12.8 Å². The summed E-state index contributed by atoms with van der Waals surface area (Å²) in [5, 5.41) is 17.4. The monoisotopic (exact) mass is 181 g/mol. The van der Waals surface area contributed by atoms with Gasteiger partial charge in [-0.3, -0.25) is 4.68 Å². The molecule has 1 aliphatic rings. The minimum absolute atomic E-state index is 0.451. The Hall–Kier alpha value is -0.900. The highest BCUT2D eigenvalue weighted by atomic mass is 16.3. The van der Waals surface area contributed by atoms with Crippen molar-refractivity contribution in [3.05, 3.63) is 11.9 Å². The molecule has 4 heteroatoms.